The molecule has 102 valence electrons. The van der Waals surface area contributed by atoms with E-state index < -0.39 is 0 Å². The highest BCUT2D eigenvalue weighted by Gasteiger charge is 2.08. The Morgan fingerprint density at radius 2 is 1.85 bits per heavy atom. The van der Waals surface area contributed by atoms with Crippen molar-refractivity contribution in [2.45, 2.75) is 20.0 Å². The summed E-state index contributed by atoms with van der Waals surface area (Å²) in [7, 11) is 0. The van der Waals surface area contributed by atoms with Crippen molar-refractivity contribution >= 4 is 39.2 Å². The molecule has 20 heavy (non-hydrogen) atoms. The Balaban J connectivity index is 1.85. The Morgan fingerprint density at radius 3 is 2.60 bits per heavy atom. The van der Waals surface area contributed by atoms with Gasteiger partial charge in [0.05, 0.1) is 17.8 Å². The summed E-state index contributed by atoms with van der Waals surface area (Å²) >= 11 is 2.31. The second-order valence-electron chi connectivity index (χ2n) is 4.64. The monoisotopic (exact) mass is 377 g/mol. The minimum Gasteiger partial charge on any atom is -0.379 e. The molecular formula is C16H16IN3. The zero-order valence-electron chi connectivity index (χ0n) is 11.3. The Bertz CT molecular complexity index is 716. The molecule has 3 aromatic rings. The van der Waals surface area contributed by atoms with Crippen molar-refractivity contribution in [1.82, 2.24) is 9.78 Å². The van der Waals surface area contributed by atoms with Crippen LogP contribution in [0.3, 0.4) is 0 Å². The van der Waals surface area contributed by atoms with Crippen LogP contribution in [0.15, 0.2) is 48.5 Å². The van der Waals surface area contributed by atoms with Gasteiger partial charge in [-0.05, 0) is 59.8 Å². The van der Waals surface area contributed by atoms with E-state index in [9.17, 15) is 0 Å². The summed E-state index contributed by atoms with van der Waals surface area (Å²) in [6, 6.07) is 16.8. The Hall–Kier alpha value is -1.56. The summed E-state index contributed by atoms with van der Waals surface area (Å²) in [6.07, 6.45) is 0. The van der Waals surface area contributed by atoms with Crippen molar-refractivity contribution in [3.05, 3.63) is 57.8 Å². The van der Waals surface area contributed by atoms with E-state index in [2.05, 4.69) is 88.0 Å². The molecule has 0 spiro atoms. The van der Waals surface area contributed by atoms with E-state index >= 15 is 0 Å². The fourth-order valence-electron chi connectivity index (χ4n) is 2.32. The summed E-state index contributed by atoms with van der Waals surface area (Å²) in [4.78, 5) is 0. The first-order valence-electron chi connectivity index (χ1n) is 6.72. The highest BCUT2D eigenvalue weighted by molar-refractivity contribution is 14.1. The van der Waals surface area contributed by atoms with Gasteiger partial charge in [0.25, 0.3) is 0 Å². The summed E-state index contributed by atoms with van der Waals surface area (Å²) in [5, 5.41) is 9.36. The molecule has 1 N–H and O–H groups in total. The van der Waals surface area contributed by atoms with E-state index in [4.69, 9.17) is 5.10 Å². The van der Waals surface area contributed by atoms with Crippen LogP contribution < -0.4 is 5.32 Å². The lowest BCUT2D eigenvalue weighted by molar-refractivity contribution is 0.671. The number of hydrogen-bond donors (Lipinski definition) is 1. The predicted octanol–water partition coefficient (Wildman–Crippen LogP) is 4.27. The number of para-hydroxylation sites is 1. The van der Waals surface area contributed by atoms with Crippen LogP contribution in [-0.4, -0.2) is 9.78 Å². The van der Waals surface area contributed by atoms with Gasteiger partial charge >= 0.3 is 0 Å². The van der Waals surface area contributed by atoms with E-state index in [0.29, 0.717) is 0 Å². The van der Waals surface area contributed by atoms with Crippen LogP contribution in [-0.2, 0) is 13.1 Å². The topological polar surface area (TPSA) is 29.9 Å². The van der Waals surface area contributed by atoms with Gasteiger partial charge in [-0.15, -0.1) is 0 Å². The second kappa shape index (κ2) is 5.83. The molecule has 0 saturated heterocycles. The van der Waals surface area contributed by atoms with Gasteiger partial charge in [-0.3, -0.25) is 4.68 Å². The van der Waals surface area contributed by atoms with Gasteiger partial charge in [-0.2, -0.15) is 5.10 Å². The number of aromatic nitrogens is 2. The molecule has 1 aromatic heterocycles. The van der Waals surface area contributed by atoms with Crippen molar-refractivity contribution in [1.29, 1.82) is 0 Å². The molecule has 0 fully saturated rings. The first-order chi connectivity index (χ1) is 9.78. The SMILES string of the molecule is CCn1nc(CNc2ccc(I)cc2)c2ccccc21. The molecule has 0 saturated carbocycles. The number of nitrogens with zero attached hydrogens (tertiary/aromatic N) is 2. The van der Waals surface area contributed by atoms with E-state index in [0.717, 1.165) is 24.5 Å². The van der Waals surface area contributed by atoms with Gasteiger partial charge in [-0.25, -0.2) is 0 Å². The molecule has 4 heteroatoms. The lowest BCUT2D eigenvalue weighted by atomic mass is 10.2. The molecule has 0 radical (unpaired) electrons. The molecule has 0 aliphatic carbocycles. The van der Waals surface area contributed by atoms with E-state index in [1.807, 2.05) is 0 Å². The Morgan fingerprint density at radius 1 is 1.10 bits per heavy atom. The third-order valence-electron chi connectivity index (χ3n) is 3.34. The number of benzene rings is 2. The van der Waals surface area contributed by atoms with Gasteiger partial charge in [0.1, 0.15) is 0 Å². The van der Waals surface area contributed by atoms with Gasteiger partial charge in [0, 0.05) is 21.2 Å². The number of nitrogens with one attached hydrogen (secondary N) is 1. The maximum absolute atomic E-state index is 4.69. The van der Waals surface area contributed by atoms with Gasteiger partial charge in [-0.1, -0.05) is 18.2 Å². The van der Waals surface area contributed by atoms with Crippen molar-refractivity contribution in [2.75, 3.05) is 5.32 Å². The third kappa shape index (κ3) is 2.65. The summed E-state index contributed by atoms with van der Waals surface area (Å²) in [5.74, 6) is 0. The lowest BCUT2D eigenvalue weighted by Gasteiger charge is -2.04. The van der Waals surface area contributed by atoms with Crippen LogP contribution in [0, 0.1) is 3.57 Å². The Kier molecular flexibility index (Phi) is 3.91. The average Bonchev–Trinajstić information content (AvgIpc) is 2.85. The zero-order valence-corrected chi connectivity index (χ0v) is 13.5. The minimum atomic E-state index is 0.744. The van der Waals surface area contributed by atoms with Crippen LogP contribution in [0.5, 0.6) is 0 Å². The minimum absolute atomic E-state index is 0.744. The summed E-state index contributed by atoms with van der Waals surface area (Å²) < 4.78 is 3.30. The number of rotatable bonds is 4. The molecule has 3 nitrogen and oxygen atoms in total. The molecular weight excluding hydrogens is 361 g/mol. The molecule has 3 rings (SSSR count). The maximum Gasteiger partial charge on any atom is 0.0894 e. The summed E-state index contributed by atoms with van der Waals surface area (Å²) in [6.45, 7) is 3.76. The molecule has 0 atom stereocenters. The van der Waals surface area contributed by atoms with Crippen molar-refractivity contribution in [2.24, 2.45) is 0 Å². The highest BCUT2D eigenvalue weighted by Crippen LogP contribution is 2.20. The molecule has 0 amide bonds. The lowest BCUT2D eigenvalue weighted by Crippen LogP contribution is -2.02. The second-order valence-corrected chi connectivity index (χ2v) is 5.89. The number of halogens is 1. The van der Waals surface area contributed by atoms with Gasteiger partial charge < -0.3 is 5.32 Å². The molecule has 0 aliphatic rings. The normalized spacial score (nSPS) is 10.9. The van der Waals surface area contributed by atoms with Crippen molar-refractivity contribution < 1.29 is 0 Å². The van der Waals surface area contributed by atoms with Crippen LogP contribution in [0.4, 0.5) is 5.69 Å². The van der Waals surface area contributed by atoms with Crippen molar-refractivity contribution in [3.8, 4) is 0 Å². The fraction of sp³-hybridized carbons (Fsp3) is 0.188. The first kappa shape index (κ1) is 13.4. The van der Waals surface area contributed by atoms with E-state index in [1.54, 1.807) is 0 Å². The summed E-state index contributed by atoms with van der Waals surface area (Å²) in [5.41, 5.74) is 3.43. The predicted molar refractivity (Wildman–Crippen MR) is 91.9 cm³/mol. The van der Waals surface area contributed by atoms with Crippen LogP contribution in [0.25, 0.3) is 10.9 Å². The van der Waals surface area contributed by atoms with Crippen LogP contribution in [0.2, 0.25) is 0 Å². The van der Waals surface area contributed by atoms with Crippen LogP contribution >= 0.6 is 22.6 Å². The molecule has 2 aromatic carbocycles. The van der Waals surface area contributed by atoms with E-state index in [-0.39, 0.29) is 0 Å². The molecule has 1 heterocycles. The van der Waals surface area contributed by atoms with Gasteiger partial charge in [0.15, 0.2) is 0 Å². The quantitative estimate of drug-likeness (QED) is 0.689. The van der Waals surface area contributed by atoms with Gasteiger partial charge in [0.2, 0.25) is 0 Å². The standard InChI is InChI=1S/C16H16IN3/c1-2-20-16-6-4-3-5-14(16)15(19-20)11-18-13-9-7-12(17)8-10-13/h3-10,18H,2,11H2,1H3. The third-order valence-corrected chi connectivity index (χ3v) is 4.06. The van der Waals surface area contributed by atoms with Crippen LogP contribution in [0.1, 0.15) is 12.6 Å². The zero-order chi connectivity index (χ0) is 13.9. The largest absolute Gasteiger partial charge is 0.379 e. The number of aryl methyl sites for hydroxylation is 1. The number of fused-ring (bicyclic) bond motifs is 1. The van der Waals surface area contributed by atoms with E-state index in [1.165, 1.54) is 14.5 Å². The molecule has 0 unspecified atom stereocenters. The fourth-order valence-corrected chi connectivity index (χ4v) is 2.68. The molecule has 0 bridgehead atoms. The average molecular weight is 377 g/mol. The van der Waals surface area contributed by atoms with Crippen molar-refractivity contribution in [3.63, 3.8) is 0 Å². The smallest absolute Gasteiger partial charge is 0.0894 e. The Labute approximate surface area is 132 Å². The maximum atomic E-state index is 4.69. The molecule has 0 aliphatic heterocycles. The first-order valence-corrected chi connectivity index (χ1v) is 7.79. The number of hydrogen-bond acceptors (Lipinski definition) is 2. The number of anilines is 1. The highest BCUT2D eigenvalue weighted by atomic mass is 127.